The van der Waals surface area contributed by atoms with Crippen LogP contribution in [0.15, 0.2) is 54.7 Å². The molecule has 0 aliphatic heterocycles. The Bertz CT molecular complexity index is 1120. The van der Waals surface area contributed by atoms with Crippen molar-refractivity contribution < 1.29 is 19.1 Å². The number of hydrogen-bond donors (Lipinski definition) is 3. The summed E-state index contributed by atoms with van der Waals surface area (Å²) in [6, 6.07) is 13.4. The van der Waals surface area contributed by atoms with Gasteiger partial charge in [0.05, 0.1) is 10.6 Å². The van der Waals surface area contributed by atoms with Crippen molar-refractivity contribution >= 4 is 40.3 Å². The number of halogens is 1. The van der Waals surface area contributed by atoms with Crippen molar-refractivity contribution in [2.45, 2.75) is 31.3 Å². The number of rotatable bonds is 8. The van der Waals surface area contributed by atoms with Crippen molar-refractivity contribution in [2.24, 2.45) is 0 Å². The van der Waals surface area contributed by atoms with Gasteiger partial charge in [-0.25, -0.2) is 4.79 Å². The van der Waals surface area contributed by atoms with Gasteiger partial charge in [-0.2, -0.15) is 0 Å². The highest BCUT2D eigenvalue weighted by Crippen LogP contribution is 2.21. The molecule has 2 amide bonds. The number of benzene rings is 2. The van der Waals surface area contributed by atoms with Gasteiger partial charge in [0.2, 0.25) is 0 Å². The molecule has 0 spiro atoms. The lowest BCUT2D eigenvalue weighted by Crippen LogP contribution is -2.44. The van der Waals surface area contributed by atoms with Gasteiger partial charge in [0.1, 0.15) is 6.04 Å². The molecule has 4 rings (SSSR count). The summed E-state index contributed by atoms with van der Waals surface area (Å²) in [5, 5.41) is 6.70. The minimum atomic E-state index is -0.989. The first-order valence-electron chi connectivity index (χ1n) is 10.1. The smallest absolute Gasteiger partial charge is 0.329 e. The molecule has 2 aromatic carbocycles. The molecule has 1 saturated carbocycles. The number of aromatic amines is 1. The lowest BCUT2D eigenvalue weighted by Gasteiger charge is -2.18. The summed E-state index contributed by atoms with van der Waals surface area (Å²) >= 11 is 6.13. The molecule has 3 aromatic rings. The van der Waals surface area contributed by atoms with Crippen LogP contribution in [0.1, 0.15) is 28.8 Å². The number of hydrogen-bond acceptors (Lipinski definition) is 4. The summed E-state index contributed by atoms with van der Waals surface area (Å²) in [7, 11) is 0. The van der Waals surface area contributed by atoms with E-state index in [1.54, 1.807) is 30.5 Å². The number of fused-ring (bicyclic) bond motifs is 1. The third-order valence-electron chi connectivity index (χ3n) is 5.10. The Balaban J connectivity index is 1.50. The number of carbonyl (C=O) groups excluding carboxylic acids is 3. The normalized spacial score (nSPS) is 14.1. The predicted molar refractivity (Wildman–Crippen MR) is 117 cm³/mol. The zero-order chi connectivity index (χ0) is 21.8. The molecule has 31 heavy (non-hydrogen) atoms. The summed E-state index contributed by atoms with van der Waals surface area (Å²) in [5.41, 5.74) is 2.03. The van der Waals surface area contributed by atoms with Gasteiger partial charge in [0.15, 0.2) is 6.61 Å². The van der Waals surface area contributed by atoms with Gasteiger partial charge < -0.3 is 20.4 Å². The average molecular weight is 440 g/mol. The molecule has 3 N–H and O–H groups in total. The van der Waals surface area contributed by atoms with E-state index in [1.165, 1.54) is 0 Å². The van der Waals surface area contributed by atoms with Crippen LogP contribution in [-0.4, -0.2) is 41.5 Å². The number of carbonyl (C=O) groups is 3. The Morgan fingerprint density at radius 1 is 1.10 bits per heavy atom. The van der Waals surface area contributed by atoms with Gasteiger partial charge in [0.25, 0.3) is 11.8 Å². The Morgan fingerprint density at radius 3 is 2.61 bits per heavy atom. The van der Waals surface area contributed by atoms with Gasteiger partial charge >= 0.3 is 5.97 Å². The zero-order valence-corrected chi connectivity index (χ0v) is 17.4. The van der Waals surface area contributed by atoms with E-state index < -0.39 is 17.9 Å². The molecule has 0 saturated heterocycles. The molecule has 1 heterocycles. The Labute approximate surface area is 184 Å². The molecule has 1 unspecified atom stereocenters. The van der Waals surface area contributed by atoms with Crippen molar-refractivity contribution in [1.29, 1.82) is 0 Å². The van der Waals surface area contributed by atoms with E-state index in [-0.39, 0.29) is 35.6 Å². The lowest BCUT2D eigenvalue weighted by molar-refractivity contribution is -0.150. The number of aromatic nitrogens is 1. The maximum absolute atomic E-state index is 12.8. The number of amides is 2. The quantitative estimate of drug-likeness (QED) is 0.470. The van der Waals surface area contributed by atoms with E-state index in [2.05, 4.69) is 15.6 Å². The highest BCUT2D eigenvalue weighted by atomic mass is 35.5. The molecule has 0 bridgehead atoms. The second-order valence-corrected chi connectivity index (χ2v) is 7.93. The fourth-order valence-corrected chi connectivity index (χ4v) is 3.55. The molecule has 8 heteroatoms. The Kier molecular flexibility index (Phi) is 6.23. The molecule has 1 fully saturated rings. The maximum Gasteiger partial charge on any atom is 0.329 e. The summed E-state index contributed by atoms with van der Waals surface area (Å²) in [6.07, 6.45) is 3.88. The van der Waals surface area contributed by atoms with Crippen LogP contribution in [0.2, 0.25) is 5.02 Å². The molecule has 1 aliphatic carbocycles. The summed E-state index contributed by atoms with van der Waals surface area (Å²) in [6.45, 7) is -0.387. The number of H-pyrrole nitrogens is 1. The van der Waals surface area contributed by atoms with Gasteiger partial charge in [-0.1, -0.05) is 41.9 Å². The molecular formula is C23H22ClN3O4. The number of para-hydroxylation sites is 1. The largest absolute Gasteiger partial charge is 0.454 e. The fraction of sp³-hybridized carbons (Fsp3) is 0.261. The zero-order valence-electron chi connectivity index (χ0n) is 16.7. The SMILES string of the molecule is O=C(COC(=O)C(Cc1c[nH]c2ccccc12)NC(=O)c1ccccc1Cl)NC1CC1. The van der Waals surface area contributed by atoms with Crippen LogP contribution in [-0.2, 0) is 20.7 Å². The van der Waals surface area contributed by atoms with Crippen LogP contribution < -0.4 is 10.6 Å². The third kappa shape index (κ3) is 5.24. The van der Waals surface area contributed by atoms with Gasteiger partial charge in [-0.3, -0.25) is 9.59 Å². The van der Waals surface area contributed by atoms with Gasteiger partial charge in [-0.05, 0) is 36.6 Å². The predicted octanol–water partition coefficient (Wildman–Crippen LogP) is 2.98. The Morgan fingerprint density at radius 2 is 1.84 bits per heavy atom. The molecule has 7 nitrogen and oxygen atoms in total. The van der Waals surface area contributed by atoms with Crippen LogP contribution in [0, 0.1) is 0 Å². The topological polar surface area (TPSA) is 100 Å². The standard InChI is InChI=1S/C23H22ClN3O4/c24-18-7-3-1-6-17(18)22(29)27-20(23(30)31-13-21(28)26-15-9-10-15)11-14-12-25-19-8-4-2-5-16(14)19/h1-8,12,15,20,25H,9-11,13H2,(H,26,28)(H,27,29). The molecule has 0 radical (unpaired) electrons. The first-order valence-corrected chi connectivity index (χ1v) is 10.5. The number of ether oxygens (including phenoxy) is 1. The second-order valence-electron chi connectivity index (χ2n) is 7.52. The summed E-state index contributed by atoms with van der Waals surface area (Å²) in [4.78, 5) is 40.6. The van der Waals surface area contributed by atoms with Crippen LogP contribution in [0.25, 0.3) is 10.9 Å². The van der Waals surface area contributed by atoms with E-state index in [4.69, 9.17) is 16.3 Å². The van der Waals surface area contributed by atoms with Crippen LogP contribution >= 0.6 is 11.6 Å². The van der Waals surface area contributed by atoms with Crippen molar-refractivity contribution in [3.8, 4) is 0 Å². The molecular weight excluding hydrogens is 418 g/mol. The first kappa shape index (κ1) is 20.9. The Hall–Kier alpha value is -3.32. The molecule has 160 valence electrons. The van der Waals surface area contributed by atoms with E-state index >= 15 is 0 Å². The van der Waals surface area contributed by atoms with E-state index in [0.29, 0.717) is 0 Å². The van der Waals surface area contributed by atoms with Crippen LogP contribution in [0.5, 0.6) is 0 Å². The molecule has 1 atom stereocenters. The minimum Gasteiger partial charge on any atom is -0.454 e. The van der Waals surface area contributed by atoms with Gasteiger partial charge in [-0.15, -0.1) is 0 Å². The molecule has 1 aromatic heterocycles. The maximum atomic E-state index is 12.8. The van der Waals surface area contributed by atoms with E-state index in [0.717, 1.165) is 29.3 Å². The second kappa shape index (κ2) is 9.22. The van der Waals surface area contributed by atoms with Gasteiger partial charge in [0, 0.05) is 29.6 Å². The highest BCUT2D eigenvalue weighted by molar-refractivity contribution is 6.33. The monoisotopic (exact) mass is 439 g/mol. The highest BCUT2D eigenvalue weighted by Gasteiger charge is 2.27. The van der Waals surface area contributed by atoms with Crippen molar-refractivity contribution in [3.05, 3.63) is 70.9 Å². The minimum absolute atomic E-state index is 0.174. The van der Waals surface area contributed by atoms with E-state index in [1.807, 2.05) is 24.3 Å². The average Bonchev–Trinajstić information content (AvgIpc) is 3.49. The summed E-state index contributed by atoms with van der Waals surface area (Å²) in [5.74, 6) is -1.52. The lowest BCUT2D eigenvalue weighted by atomic mass is 10.0. The van der Waals surface area contributed by atoms with Crippen LogP contribution in [0.4, 0.5) is 0 Å². The summed E-state index contributed by atoms with van der Waals surface area (Å²) < 4.78 is 5.21. The number of esters is 1. The van der Waals surface area contributed by atoms with Crippen molar-refractivity contribution in [2.75, 3.05) is 6.61 Å². The van der Waals surface area contributed by atoms with Crippen molar-refractivity contribution in [1.82, 2.24) is 15.6 Å². The molecule has 1 aliphatic rings. The van der Waals surface area contributed by atoms with Crippen molar-refractivity contribution in [3.63, 3.8) is 0 Å². The van der Waals surface area contributed by atoms with Crippen LogP contribution in [0.3, 0.4) is 0 Å². The number of nitrogens with one attached hydrogen (secondary N) is 3. The fourth-order valence-electron chi connectivity index (χ4n) is 3.33. The first-order chi connectivity index (χ1) is 15.0. The third-order valence-corrected chi connectivity index (χ3v) is 5.42. The van der Waals surface area contributed by atoms with E-state index in [9.17, 15) is 14.4 Å².